The highest BCUT2D eigenvalue weighted by Gasteiger charge is 2.53. The third kappa shape index (κ3) is 2.30. The Morgan fingerprint density at radius 2 is 1.74 bits per heavy atom. The molecule has 0 saturated carbocycles. The van der Waals surface area contributed by atoms with Gasteiger partial charge in [0, 0.05) is 17.2 Å². The molecule has 1 aromatic rings. The van der Waals surface area contributed by atoms with Gasteiger partial charge in [-0.3, -0.25) is 9.78 Å². The maximum atomic E-state index is 14.0. The fourth-order valence-corrected chi connectivity index (χ4v) is 1.93. The number of carbonyl (C=O) groups excluding carboxylic acids is 1. The van der Waals surface area contributed by atoms with Gasteiger partial charge in [-0.2, -0.15) is 0 Å². The lowest BCUT2D eigenvalue weighted by molar-refractivity contribution is 0.00578. The zero-order valence-electron chi connectivity index (χ0n) is 11.8. The van der Waals surface area contributed by atoms with Gasteiger partial charge in [-0.05, 0) is 34.6 Å². The van der Waals surface area contributed by atoms with Crippen LogP contribution in [0, 0.1) is 5.82 Å². The van der Waals surface area contributed by atoms with Gasteiger partial charge < -0.3 is 9.31 Å². The summed E-state index contributed by atoms with van der Waals surface area (Å²) in [6.45, 7) is 8.86. The van der Waals surface area contributed by atoms with Gasteiger partial charge in [0.1, 0.15) is 5.82 Å². The van der Waals surface area contributed by atoms with E-state index in [1.54, 1.807) is 0 Å². The first-order valence-electron chi connectivity index (χ1n) is 6.16. The Morgan fingerprint density at radius 3 is 2.21 bits per heavy atom. The van der Waals surface area contributed by atoms with Crippen molar-refractivity contribution in [2.24, 2.45) is 0 Å². The van der Waals surface area contributed by atoms with Gasteiger partial charge in [0.15, 0.2) is 5.78 Å². The van der Waals surface area contributed by atoms with E-state index in [0.717, 1.165) is 6.20 Å². The molecule has 1 aliphatic heterocycles. The summed E-state index contributed by atoms with van der Waals surface area (Å²) in [6.07, 6.45) is 2.40. The summed E-state index contributed by atoms with van der Waals surface area (Å²) < 4.78 is 25.6. The molecule has 1 aliphatic rings. The van der Waals surface area contributed by atoms with Crippen LogP contribution in [0.2, 0.25) is 0 Å². The zero-order chi connectivity index (χ0) is 14.4. The van der Waals surface area contributed by atoms with Gasteiger partial charge in [-0.25, -0.2) is 4.39 Å². The van der Waals surface area contributed by atoms with Gasteiger partial charge in [0.2, 0.25) is 0 Å². The molecule has 0 aromatic carbocycles. The van der Waals surface area contributed by atoms with Crippen LogP contribution in [0.15, 0.2) is 12.4 Å². The summed E-state index contributed by atoms with van der Waals surface area (Å²) in [5.41, 5.74) is -0.845. The predicted molar refractivity (Wildman–Crippen MR) is 69.9 cm³/mol. The standard InChI is InChI=1S/C13H17BFNO3/c1-8(17)9-6-16-7-10(15)11(9)14-18-12(2,3)13(4,5)19-14/h6-7H,1-5H3. The Bertz CT molecular complexity index is 515. The molecule has 1 aromatic heterocycles. The van der Waals surface area contributed by atoms with Crippen LogP contribution in [0.5, 0.6) is 0 Å². The molecule has 6 heteroatoms. The Balaban J connectivity index is 2.48. The van der Waals surface area contributed by atoms with Crippen molar-refractivity contribution in [2.45, 2.75) is 45.8 Å². The second-order valence-corrected chi connectivity index (χ2v) is 5.73. The third-order valence-corrected chi connectivity index (χ3v) is 3.81. The highest BCUT2D eigenvalue weighted by atomic mass is 19.1. The zero-order valence-corrected chi connectivity index (χ0v) is 11.8. The first-order valence-corrected chi connectivity index (χ1v) is 6.16. The van der Waals surface area contributed by atoms with Crippen molar-refractivity contribution in [3.8, 4) is 0 Å². The van der Waals surface area contributed by atoms with Crippen molar-refractivity contribution < 1.29 is 18.5 Å². The summed E-state index contributed by atoms with van der Waals surface area (Å²) in [6, 6.07) is 0. The van der Waals surface area contributed by atoms with Crippen LogP contribution in [0.3, 0.4) is 0 Å². The lowest BCUT2D eigenvalue weighted by Gasteiger charge is -2.32. The second kappa shape index (κ2) is 4.39. The highest BCUT2D eigenvalue weighted by molar-refractivity contribution is 6.63. The Morgan fingerprint density at radius 1 is 1.21 bits per heavy atom. The molecule has 0 unspecified atom stereocenters. The molecular weight excluding hydrogens is 248 g/mol. The fourth-order valence-electron chi connectivity index (χ4n) is 1.93. The molecule has 1 fully saturated rings. The molecule has 0 aliphatic carbocycles. The Kier molecular flexibility index (Phi) is 3.27. The molecule has 0 radical (unpaired) electrons. The molecule has 4 nitrogen and oxygen atoms in total. The monoisotopic (exact) mass is 265 g/mol. The SMILES string of the molecule is CC(=O)c1cncc(F)c1B1OC(C)(C)C(C)(C)O1. The smallest absolute Gasteiger partial charge is 0.399 e. The molecular formula is C13H17BFNO3. The van der Waals surface area contributed by atoms with Crippen LogP contribution >= 0.6 is 0 Å². The van der Waals surface area contributed by atoms with Crippen LogP contribution < -0.4 is 5.46 Å². The topological polar surface area (TPSA) is 48.4 Å². The van der Waals surface area contributed by atoms with Gasteiger partial charge in [-0.15, -0.1) is 0 Å². The number of carbonyl (C=O) groups is 1. The number of hydrogen-bond donors (Lipinski definition) is 0. The quantitative estimate of drug-likeness (QED) is 0.603. The van der Waals surface area contributed by atoms with E-state index in [4.69, 9.17) is 9.31 Å². The Labute approximate surface area is 112 Å². The van der Waals surface area contributed by atoms with Crippen molar-refractivity contribution in [3.63, 3.8) is 0 Å². The van der Waals surface area contributed by atoms with E-state index in [1.165, 1.54) is 13.1 Å². The largest absolute Gasteiger partial charge is 0.498 e. The predicted octanol–water partition coefficient (Wildman–Crippen LogP) is 1.72. The summed E-state index contributed by atoms with van der Waals surface area (Å²) in [7, 11) is -0.896. The average molecular weight is 265 g/mol. The minimum absolute atomic E-state index is 0.126. The molecule has 0 atom stereocenters. The van der Waals surface area contributed by atoms with Crippen LogP contribution in [-0.4, -0.2) is 29.1 Å². The van der Waals surface area contributed by atoms with E-state index in [1.807, 2.05) is 27.7 Å². The summed E-state index contributed by atoms with van der Waals surface area (Å²) in [5, 5.41) is 0. The van der Waals surface area contributed by atoms with Gasteiger partial charge >= 0.3 is 7.12 Å². The summed E-state index contributed by atoms with van der Waals surface area (Å²) >= 11 is 0. The average Bonchev–Trinajstić information content (AvgIpc) is 2.47. The number of nitrogens with zero attached hydrogens (tertiary/aromatic N) is 1. The van der Waals surface area contributed by atoms with Gasteiger partial charge in [-0.1, -0.05) is 0 Å². The minimum atomic E-state index is -0.896. The highest BCUT2D eigenvalue weighted by Crippen LogP contribution is 2.36. The van der Waals surface area contributed by atoms with Crippen molar-refractivity contribution in [2.75, 3.05) is 0 Å². The van der Waals surface area contributed by atoms with Crippen LogP contribution in [0.25, 0.3) is 0 Å². The molecule has 1 saturated heterocycles. The number of hydrogen-bond acceptors (Lipinski definition) is 4. The number of rotatable bonds is 2. The molecule has 19 heavy (non-hydrogen) atoms. The van der Waals surface area contributed by atoms with Crippen molar-refractivity contribution in [1.29, 1.82) is 0 Å². The summed E-state index contributed by atoms with van der Waals surface area (Å²) in [5.74, 6) is -0.858. The fraction of sp³-hybridized carbons (Fsp3) is 0.538. The molecule has 102 valence electrons. The van der Waals surface area contributed by atoms with E-state index in [-0.39, 0.29) is 16.8 Å². The number of ketones is 1. The lowest BCUT2D eigenvalue weighted by Crippen LogP contribution is -2.41. The number of pyridine rings is 1. The molecule has 2 rings (SSSR count). The maximum Gasteiger partial charge on any atom is 0.498 e. The molecule has 2 heterocycles. The third-order valence-electron chi connectivity index (χ3n) is 3.81. The van der Waals surface area contributed by atoms with Gasteiger partial charge in [0.25, 0.3) is 0 Å². The van der Waals surface area contributed by atoms with E-state index in [9.17, 15) is 9.18 Å². The van der Waals surface area contributed by atoms with Crippen molar-refractivity contribution in [1.82, 2.24) is 4.98 Å². The van der Waals surface area contributed by atoms with Crippen molar-refractivity contribution in [3.05, 3.63) is 23.8 Å². The van der Waals surface area contributed by atoms with E-state index < -0.39 is 24.1 Å². The number of halogens is 1. The Hall–Kier alpha value is -1.27. The van der Waals surface area contributed by atoms with Gasteiger partial charge in [0.05, 0.1) is 17.4 Å². The number of Topliss-reactive ketones (excluding diaryl/α,β-unsaturated/α-hetero) is 1. The molecule has 0 bridgehead atoms. The van der Waals surface area contributed by atoms with E-state index >= 15 is 0 Å². The summed E-state index contributed by atoms with van der Waals surface area (Å²) in [4.78, 5) is 15.3. The first-order chi connectivity index (χ1) is 8.66. The van der Waals surface area contributed by atoms with Crippen LogP contribution in [-0.2, 0) is 9.31 Å². The van der Waals surface area contributed by atoms with Crippen LogP contribution in [0.4, 0.5) is 4.39 Å². The van der Waals surface area contributed by atoms with Crippen molar-refractivity contribution >= 4 is 18.4 Å². The van der Waals surface area contributed by atoms with E-state index in [2.05, 4.69) is 4.98 Å². The second-order valence-electron chi connectivity index (χ2n) is 5.73. The van der Waals surface area contributed by atoms with E-state index in [0.29, 0.717) is 0 Å². The number of aromatic nitrogens is 1. The molecule has 0 N–H and O–H groups in total. The normalized spacial score (nSPS) is 20.6. The lowest BCUT2D eigenvalue weighted by atomic mass is 9.75. The minimum Gasteiger partial charge on any atom is -0.399 e. The molecule has 0 spiro atoms. The van der Waals surface area contributed by atoms with Crippen LogP contribution in [0.1, 0.15) is 45.0 Å². The first kappa shape index (κ1) is 14.2. The maximum absolute atomic E-state index is 14.0. The molecule has 0 amide bonds.